The summed E-state index contributed by atoms with van der Waals surface area (Å²) in [4.78, 5) is 5.80. The highest BCUT2D eigenvalue weighted by molar-refractivity contribution is 7.92. The molecule has 1 aromatic heterocycles. The standard InChI is InChI=1S/C13H18N4O2S/c1-10-5-6-11(7-12(10)16(2)3)15-20(18,19)13-8-17(4)9-14-13/h5-9,15H,1-4H3. The summed E-state index contributed by atoms with van der Waals surface area (Å²) in [5.74, 6) is 0. The summed E-state index contributed by atoms with van der Waals surface area (Å²) < 4.78 is 28.5. The average molecular weight is 294 g/mol. The zero-order chi connectivity index (χ0) is 14.9. The monoisotopic (exact) mass is 294 g/mol. The van der Waals surface area contributed by atoms with Crippen molar-refractivity contribution in [3.05, 3.63) is 36.3 Å². The van der Waals surface area contributed by atoms with Gasteiger partial charge >= 0.3 is 0 Å². The van der Waals surface area contributed by atoms with Crippen molar-refractivity contribution in [3.63, 3.8) is 0 Å². The Hall–Kier alpha value is -2.02. The van der Waals surface area contributed by atoms with Crippen LogP contribution in [0.5, 0.6) is 0 Å². The molecule has 0 fully saturated rings. The fourth-order valence-electron chi connectivity index (χ4n) is 1.89. The van der Waals surface area contributed by atoms with Crippen molar-refractivity contribution < 1.29 is 8.42 Å². The number of imidazole rings is 1. The minimum atomic E-state index is -3.65. The van der Waals surface area contributed by atoms with Crippen LogP contribution in [0.2, 0.25) is 0 Å². The highest BCUT2D eigenvalue weighted by Crippen LogP contribution is 2.24. The molecule has 0 unspecified atom stereocenters. The van der Waals surface area contributed by atoms with Crippen LogP contribution < -0.4 is 9.62 Å². The Morgan fingerprint density at radius 1 is 1.30 bits per heavy atom. The second-order valence-electron chi connectivity index (χ2n) is 4.88. The van der Waals surface area contributed by atoms with E-state index in [2.05, 4.69) is 9.71 Å². The SMILES string of the molecule is Cc1ccc(NS(=O)(=O)c2cn(C)cn2)cc1N(C)C. The van der Waals surface area contributed by atoms with Crippen molar-refractivity contribution in [2.75, 3.05) is 23.7 Å². The van der Waals surface area contributed by atoms with Gasteiger partial charge in [0.05, 0.1) is 12.0 Å². The van der Waals surface area contributed by atoms with Gasteiger partial charge in [-0.2, -0.15) is 8.42 Å². The molecule has 1 heterocycles. The smallest absolute Gasteiger partial charge is 0.280 e. The molecular formula is C13H18N4O2S. The van der Waals surface area contributed by atoms with E-state index >= 15 is 0 Å². The van der Waals surface area contributed by atoms with Crippen LogP contribution in [0.25, 0.3) is 0 Å². The van der Waals surface area contributed by atoms with Crippen molar-refractivity contribution in [2.45, 2.75) is 11.9 Å². The lowest BCUT2D eigenvalue weighted by Crippen LogP contribution is -2.15. The van der Waals surface area contributed by atoms with Gasteiger partial charge in [0.15, 0.2) is 5.03 Å². The quantitative estimate of drug-likeness (QED) is 0.930. The summed E-state index contributed by atoms with van der Waals surface area (Å²) in [6.07, 6.45) is 2.92. The zero-order valence-electron chi connectivity index (χ0n) is 12.0. The van der Waals surface area contributed by atoms with Crippen molar-refractivity contribution in [1.29, 1.82) is 0 Å². The summed E-state index contributed by atoms with van der Waals surface area (Å²) in [6.45, 7) is 1.98. The number of nitrogens with one attached hydrogen (secondary N) is 1. The molecule has 2 rings (SSSR count). The molecular weight excluding hydrogens is 276 g/mol. The van der Waals surface area contributed by atoms with E-state index in [4.69, 9.17) is 0 Å². The molecule has 0 radical (unpaired) electrons. The molecule has 1 aromatic carbocycles. The summed E-state index contributed by atoms with van der Waals surface area (Å²) in [6, 6.07) is 5.42. The Morgan fingerprint density at radius 2 is 2.00 bits per heavy atom. The number of nitrogens with zero attached hydrogens (tertiary/aromatic N) is 3. The summed E-state index contributed by atoms with van der Waals surface area (Å²) in [7, 11) is 1.91. The number of sulfonamides is 1. The number of rotatable bonds is 4. The van der Waals surface area contributed by atoms with E-state index in [-0.39, 0.29) is 5.03 Å². The molecule has 7 heteroatoms. The number of aryl methyl sites for hydroxylation is 2. The van der Waals surface area contributed by atoms with Crippen molar-refractivity contribution >= 4 is 21.4 Å². The molecule has 2 aromatic rings. The van der Waals surface area contributed by atoms with Crippen LogP contribution >= 0.6 is 0 Å². The number of hydrogen-bond acceptors (Lipinski definition) is 4. The molecule has 0 aliphatic heterocycles. The van der Waals surface area contributed by atoms with E-state index in [1.54, 1.807) is 23.7 Å². The lowest BCUT2D eigenvalue weighted by molar-refractivity contribution is 0.598. The Bertz CT molecular complexity index is 720. The molecule has 108 valence electrons. The molecule has 0 aliphatic carbocycles. The molecule has 0 saturated heterocycles. The fourth-order valence-corrected chi connectivity index (χ4v) is 2.92. The van der Waals surface area contributed by atoms with Crippen molar-refractivity contribution in [2.24, 2.45) is 7.05 Å². The highest BCUT2D eigenvalue weighted by Gasteiger charge is 2.17. The summed E-state index contributed by atoms with van der Waals surface area (Å²) in [5, 5.41) is 0.00646. The molecule has 1 N–H and O–H groups in total. The molecule has 20 heavy (non-hydrogen) atoms. The number of aromatic nitrogens is 2. The average Bonchev–Trinajstić information content (AvgIpc) is 2.78. The third-order valence-electron chi connectivity index (χ3n) is 2.90. The van der Waals surface area contributed by atoms with Gasteiger partial charge in [-0.15, -0.1) is 0 Å². The number of anilines is 2. The predicted molar refractivity (Wildman–Crippen MR) is 79.5 cm³/mol. The third kappa shape index (κ3) is 2.93. The van der Waals surface area contributed by atoms with Crippen LogP contribution in [-0.2, 0) is 17.1 Å². The lowest BCUT2D eigenvalue weighted by Gasteiger charge is -2.17. The largest absolute Gasteiger partial charge is 0.377 e. The third-order valence-corrected chi connectivity index (χ3v) is 4.17. The minimum Gasteiger partial charge on any atom is -0.377 e. The second-order valence-corrected chi connectivity index (χ2v) is 6.51. The van der Waals surface area contributed by atoms with Gasteiger partial charge in [0.2, 0.25) is 0 Å². The van der Waals surface area contributed by atoms with Crippen molar-refractivity contribution in [3.8, 4) is 0 Å². The Kier molecular flexibility index (Phi) is 3.71. The summed E-state index contributed by atoms with van der Waals surface area (Å²) >= 11 is 0. The van der Waals surface area contributed by atoms with Gasteiger partial charge in [-0.25, -0.2) is 4.98 Å². The minimum absolute atomic E-state index is 0.00646. The Morgan fingerprint density at radius 3 is 2.55 bits per heavy atom. The molecule has 0 saturated carbocycles. The predicted octanol–water partition coefficient (Wildman–Crippen LogP) is 1.60. The van der Waals surface area contributed by atoms with Gasteiger partial charge in [-0.1, -0.05) is 6.07 Å². The first-order valence-electron chi connectivity index (χ1n) is 6.08. The Labute approximate surface area is 119 Å². The van der Waals surface area contributed by atoms with E-state index in [9.17, 15) is 8.42 Å². The van der Waals surface area contributed by atoms with Gasteiger partial charge < -0.3 is 9.47 Å². The van der Waals surface area contributed by atoms with Crippen LogP contribution in [0, 0.1) is 6.92 Å². The van der Waals surface area contributed by atoms with Crippen LogP contribution in [-0.4, -0.2) is 32.1 Å². The van der Waals surface area contributed by atoms with E-state index in [1.165, 1.54) is 12.5 Å². The van der Waals surface area contributed by atoms with E-state index < -0.39 is 10.0 Å². The molecule has 0 atom stereocenters. The molecule has 0 amide bonds. The van der Waals surface area contributed by atoms with Crippen LogP contribution in [0.3, 0.4) is 0 Å². The van der Waals surface area contributed by atoms with Crippen molar-refractivity contribution in [1.82, 2.24) is 9.55 Å². The van der Waals surface area contributed by atoms with Gasteiger partial charge in [0, 0.05) is 33.0 Å². The Balaban J connectivity index is 2.32. The molecule has 0 bridgehead atoms. The maximum absolute atomic E-state index is 12.2. The first-order valence-corrected chi connectivity index (χ1v) is 7.56. The number of hydrogen-bond donors (Lipinski definition) is 1. The lowest BCUT2D eigenvalue weighted by atomic mass is 10.2. The second kappa shape index (κ2) is 5.16. The van der Waals surface area contributed by atoms with Gasteiger partial charge in [0.25, 0.3) is 10.0 Å². The number of benzene rings is 1. The maximum atomic E-state index is 12.2. The van der Waals surface area contributed by atoms with Gasteiger partial charge in [-0.3, -0.25) is 4.72 Å². The maximum Gasteiger partial charge on any atom is 0.280 e. The van der Waals surface area contributed by atoms with Gasteiger partial charge in [-0.05, 0) is 24.6 Å². The molecule has 6 nitrogen and oxygen atoms in total. The van der Waals surface area contributed by atoms with E-state index in [0.717, 1.165) is 11.3 Å². The van der Waals surface area contributed by atoms with Gasteiger partial charge in [0.1, 0.15) is 0 Å². The summed E-state index contributed by atoms with van der Waals surface area (Å²) in [5.41, 5.74) is 2.56. The molecule has 0 aliphatic rings. The van der Waals surface area contributed by atoms with E-state index in [1.807, 2.05) is 32.0 Å². The normalized spacial score (nSPS) is 11.4. The molecule has 0 spiro atoms. The topological polar surface area (TPSA) is 67.2 Å². The van der Waals surface area contributed by atoms with E-state index in [0.29, 0.717) is 5.69 Å². The van der Waals surface area contributed by atoms with Crippen LogP contribution in [0.1, 0.15) is 5.56 Å². The highest BCUT2D eigenvalue weighted by atomic mass is 32.2. The first kappa shape index (κ1) is 14.4. The van der Waals surface area contributed by atoms with Crippen LogP contribution in [0.15, 0.2) is 35.7 Å². The zero-order valence-corrected chi connectivity index (χ0v) is 12.8. The van der Waals surface area contributed by atoms with Crippen LogP contribution in [0.4, 0.5) is 11.4 Å². The first-order chi connectivity index (χ1) is 9.29. The fraction of sp³-hybridized carbons (Fsp3) is 0.308.